The molecule has 5 nitrogen and oxygen atoms in total. The summed E-state index contributed by atoms with van der Waals surface area (Å²) in [5.74, 6) is -0.0602. The van der Waals surface area contributed by atoms with Gasteiger partial charge in [-0.15, -0.1) is 0 Å². The molecule has 0 radical (unpaired) electrons. The van der Waals surface area contributed by atoms with Gasteiger partial charge in [0, 0.05) is 23.5 Å². The summed E-state index contributed by atoms with van der Waals surface area (Å²) in [6.45, 7) is 0.544. The third kappa shape index (κ3) is 1.80. The Morgan fingerprint density at radius 3 is 2.75 bits per heavy atom. The number of hydrogen-bond donors (Lipinski definition) is 0. The molecule has 1 aromatic carbocycles. The number of hydrogen-bond acceptors (Lipinski definition) is 3. The van der Waals surface area contributed by atoms with Crippen molar-refractivity contribution in [2.24, 2.45) is 0 Å². The van der Waals surface area contributed by atoms with Crippen molar-refractivity contribution in [1.29, 1.82) is 0 Å². The van der Waals surface area contributed by atoms with Crippen LogP contribution in [0.15, 0.2) is 22.7 Å². The van der Waals surface area contributed by atoms with Gasteiger partial charge in [-0.05, 0) is 28.4 Å². The van der Waals surface area contributed by atoms with Crippen LogP contribution < -0.4 is 4.90 Å². The second kappa shape index (κ2) is 4.21. The molecule has 1 heterocycles. The standard InChI is InChI=1S/C10H9BrN2O3/c11-7-3-1-4-8(13(15)16)10(7)12-6-2-5-9(12)14/h1,3-4H,2,5-6H2. The Bertz CT molecular complexity index is 461. The average molecular weight is 285 g/mol. The normalized spacial score (nSPS) is 15.6. The van der Waals surface area contributed by atoms with E-state index in [-0.39, 0.29) is 11.6 Å². The fraction of sp³-hybridized carbons (Fsp3) is 0.300. The quantitative estimate of drug-likeness (QED) is 0.619. The maximum absolute atomic E-state index is 11.6. The number of nitrogens with zero attached hydrogens (tertiary/aromatic N) is 2. The number of para-hydroxylation sites is 1. The van der Waals surface area contributed by atoms with Crippen LogP contribution in [0, 0.1) is 10.1 Å². The van der Waals surface area contributed by atoms with Gasteiger partial charge in [-0.3, -0.25) is 14.9 Å². The monoisotopic (exact) mass is 284 g/mol. The summed E-state index contributed by atoms with van der Waals surface area (Å²) in [6, 6.07) is 4.70. The fourth-order valence-electron chi connectivity index (χ4n) is 1.80. The summed E-state index contributed by atoms with van der Waals surface area (Å²) >= 11 is 3.25. The molecule has 1 aliphatic rings. The minimum Gasteiger partial charge on any atom is -0.306 e. The first-order valence-electron chi connectivity index (χ1n) is 4.84. The summed E-state index contributed by atoms with van der Waals surface area (Å²) in [4.78, 5) is 23.5. The number of nitro benzene ring substituents is 1. The SMILES string of the molecule is O=C1CCCN1c1c(Br)cccc1[N+](=O)[O-]. The fourth-order valence-corrected chi connectivity index (χ4v) is 2.37. The highest BCUT2D eigenvalue weighted by atomic mass is 79.9. The lowest BCUT2D eigenvalue weighted by molar-refractivity contribution is -0.384. The molecule has 6 heteroatoms. The van der Waals surface area contributed by atoms with Gasteiger partial charge in [0.1, 0.15) is 5.69 Å². The second-order valence-corrected chi connectivity index (χ2v) is 4.37. The molecule has 1 fully saturated rings. The molecular formula is C10H9BrN2O3. The first-order valence-corrected chi connectivity index (χ1v) is 5.64. The van der Waals surface area contributed by atoms with E-state index < -0.39 is 4.92 Å². The van der Waals surface area contributed by atoms with Crippen LogP contribution in [-0.4, -0.2) is 17.4 Å². The first-order chi connectivity index (χ1) is 7.61. The number of rotatable bonds is 2. The van der Waals surface area contributed by atoms with Crippen LogP contribution in [0.3, 0.4) is 0 Å². The number of amides is 1. The number of anilines is 1. The Kier molecular flexibility index (Phi) is 2.91. The molecule has 0 bridgehead atoms. The van der Waals surface area contributed by atoms with Gasteiger partial charge in [0.2, 0.25) is 5.91 Å². The van der Waals surface area contributed by atoms with E-state index in [1.165, 1.54) is 11.0 Å². The van der Waals surface area contributed by atoms with Crippen LogP contribution in [0.5, 0.6) is 0 Å². The summed E-state index contributed by atoms with van der Waals surface area (Å²) < 4.78 is 0.581. The number of nitro groups is 1. The maximum Gasteiger partial charge on any atom is 0.294 e. The summed E-state index contributed by atoms with van der Waals surface area (Å²) in [5, 5.41) is 10.9. The lowest BCUT2D eigenvalue weighted by Crippen LogP contribution is -2.25. The predicted octanol–water partition coefficient (Wildman–Crippen LogP) is 2.48. The van der Waals surface area contributed by atoms with Gasteiger partial charge in [-0.25, -0.2) is 0 Å². The maximum atomic E-state index is 11.6. The van der Waals surface area contributed by atoms with Crippen molar-refractivity contribution >= 4 is 33.2 Å². The molecule has 0 aromatic heterocycles. The smallest absolute Gasteiger partial charge is 0.294 e. The Balaban J connectivity index is 2.53. The van der Waals surface area contributed by atoms with Crippen molar-refractivity contribution in [3.05, 3.63) is 32.8 Å². The summed E-state index contributed by atoms with van der Waals surface area (Å²) in [5.41, 5.74) is 0.333. The third-order valence-electron chi connectivity index (χ3n) is 2.51. The van der Waals surface area contributed by atoms with Crippen molar-refractivity contribution in [3.8, 4) is 0 Å². The molecule has 1 saturated heterocycles. The Hall–Kier alpha value is -1.43. The van der Waals surface area contributed by atoms with Crippen molar-refractivity contribution in [2.75, 3.05) is 11.4 Å². The molecule has 1 aromatic rings. The van der Waals surface area contributed by atoms with Crippen LogP contribution in [0.4, 0.5) is 11.4 Å². The third-order valence-corrected chi connectivity index (χ3v) is 3.15. The molecule has 0 saturated carbocycles. The van der Waals surface area contributed by atoms with Gasteiger partial charge in [0.15, 0.2) is 0 Å². The van der Waals surface area contributed by atoms with Crippen LogP contribution in [0.25, 0.3) is 0 Å². The molecular weight excluding hydrogens is 276 g/mol. The first kappa shape index (κ1) is 11.1. The van der Waals surface area contributed by atoms with E-state index in [1.54, 1.807) is 12.1 Å². The molecule has 0 N–H and O–H groups in total. The van der Waals surface area contributed by atoms with E-state index in [2.05, 4.69) is 15.9 Å². The minimum absolute atomic E-state index is 0.0374. The molecule has 84 valence electrons. The van der Waals surface area contributed by atoms with E-state index in [0.717, 1.165) is 6.42 Å². The molecule has 16 heavy (non-hydrogen) atoms. The number of carbonyl (C=O) groups excluding carboxylic acids is 1. The van der Waals surface area contributed by atoms with E-state index in [4.69, 9.17) is 0 Å². The molecule has 0 unspecified atom stereocenters. The van der Waals surface area contributed by atoms with E-state index in [0.29, 0.717) is 23.1 Å². The van der Waals surface area contributed by atoms with Crippen molar-refractivity contribution in [1.82, 2.24) is 0 Å². The van der Waals surface area contributed by atoms with Crippen LogP contribution >= 0.6 is 15.9 Å². The molecule has 0 atom stereocenters. The largest absolute Gasteiger partial charge is 0.306 e. The van der Waals surface area contributed by atoms with Crippen LogP contribution in [0.2, 0.25) is 0 Å². The van der Waals surface area contributed by atoms with Gasteiger partial charge in [0.05, 0.1) is 4.92 Å². The number of halogens is 1. The van der Waals surface area contributed by atoms with E-state index in [1.807, 2.05) is 0 Å². The Morgan fingerprint density at radius 1 is 1.44 bits per heavy atom. The van der Waals surface area contributed by atoms with Crippen molar-refractivity contribution in [2.45, 2.75) is 12.8 Å². The molecule has 2 rings (SSSR count). The summed E-state index contributed by atoms with van der Waals surface area (Å²) in [7, 11) is 0. The molecule has 0 spiro atoms. The zero-order chi connectivity index (χ0) is 11.7. The second-order valence-electron chi connectivity index (χ2n) is 3.51. The number of benzene rings is 1. The average Bonchev–Trinajstić information content (AvgIpc) is 2.64. The van der Waals surface area contributed by atoms with Crippen molar-refractivity contribution in [3.63, 3.8) is 0 Å². The van der Waals surface area contributed by atoms with Gasteiger partial charge < -0.3 is 4.90 Å². The van der Waals surface area contributed by atoms with Crippen LogP contribution in [-0.2, 0) is 4.79 Å². The summed E-state index contributed by atoms with van der Waals surface area (Å²) in [6.07, 6.45) is 1.20. The van der Waals surface area contributed by atoms with Crippen molar-refractivity contribution < 1.29 is 9.72 Å². The Morgan fingerprint density at radius 2 is 2.19 bits per heavy atom. The highest BCUT2D eigenvalue weighted by molar-refractivity contribution is 9.10. The zero-order valence-electron chi connectivity index (χ0n) is 8.35. The van der Waals surface area contributed by atoms with Gasteiger partial charge in [-0.1, -0.05) is 6.07 Å². The minimum atomic E-state index is -0.467. The molecule has 1 amide bonds. The van der Waals surface area contributed by atoms with Gasteiger partial charge in [0.25, 0.3) is 5.69 Å². The zero-order valence-corrected chi connectivity index (χ0v) is 9.94. The molecule has 1 aliphatic heterocycles. The highest BCUT2D eigenvalue weighted by Gasteiger charge is 2.29. The number of carbonyl (C=O) groups is 1. The Labute approximate surface area is 100 Å². The lowest BCUT2D eigenvalue weighted by Gasteiger charge is -2.16. The lowest BCUT2D eigenvalue weighted by atomic mass is 10.2. The topological polar surface area (TPSA) is 63.5 Å². The molecule has 0 aliphatic carbocycles. The highest BCUT2D eigenvalue weighted by Crippen LogP contribution is 2.37. The van der Waals surface area contributed by atoms with Gasteiger partial charge >= 0.3 is 0 Å². The van der Waals surface area contributed by atoms with Crippen LogP contribution in [0.1, 0.15) is 12.8 Å². The predicted molar refractivity (Wildman–Crippen MR) is 62.4 cm³/mol. The van der Waals surface area contributed by atoms with E-state index >= 15 is 0 Å². The van der Waals surface area contributed by atoms with E-state index in [9.17, 15) is 14.9 Å². The van der Waals surface area contributed by atoms with Gasteiger partial charge in [-0.2, -0.15) is 0 Å².